The van der Waals surface area contributed by atoms with E-state index in [1.165, 1.54) is 12.1 Å². The van der Waals surface area contributed by atoms with E-state index in [1.807, 2.05) is 38.4 Å². The van der Waals surface area contributed by atoms with E-state index in [-0.39, 0.29) is 11.7 Å². The van der Waals surface area contributed by atoms with Crippen molar-refractivity contribution in [3.05, 3.63) is 76.1 Å². The Hall–Kier alpha value is -1.68. The Morgan fingerprint density at radius 1 is 1.15 bits per heavy atom. The number of rotatable bonds is 5. The first-order valence-electron chi connectivity index (χ1n) is 9.45. The topological polar surface area (TPSA) is 23.5 Å². The highest BCUT2D eigenvalue weighted by Gasteiger charge is 2.42. The van der Waals surface area contributed by atoms with E-state index >= 15 is 0 Å². The molecule has 1 aliphatic carbocycles. The second-order valence-corrected chi connectivity index (χ2v) is 8.24. The van der Waals surface area contributed by atoms with Gasteiger partial charge in [0, 0.05) is 23.9 Å². The van der Waals surface area contributed by atoms with Gasteiger partial charge in [-0.2, -0.15) is 0 Å². The first-order chi connectivity index (χ1) is 12.9. The Kier molecular flexibility index (Phi) is 6.36. The van der Waals surface area contributed by atoms with Crippen molar-refractivity contribution in [2.45, 2.75) is 31.3 Å². The van der Waals surface area contributed by atoms with Gasteiger partial charge in [-0.05, 0) is 74.3 Å². The molecule has 0 aliphatic heterocycles. The molecule has 1 aliphatic rings. The van der Waals surface area contributed by atoms with Gasteiger partial charge in [-0.3, -0.25) is 0 Å². The van der Waals surface area contributed by atoms with Crippen LogP contribution in [0.25, 0.3) is 6.08 Å². The van der Waals surface area contributed by atoms with Crippen LogP contribution in [0, 0.1) is 11.7 Å². The van der Waals surface area contributed by atoms with Crippen LogP contribution < -0.4 is 0 Å². The van der Waals surface area contributed by atoms with Gasteiger partial charge in [-0.1, -0.05) is 41.9 Å². The highest BCUT2D eigenvalue weighted by Crippen LogP contribution is 2.41. The zero-order valence-corrected chi connectivity index (χ0v) is 16.7. The molecule has 1 saturated carbocycles. The molecule has 0 aromatic heterocycles. The second-order valence-electron chi connectivity index (χ2n) is 7.80. The van der Waals surface area contributed by atoms with Crippen molar-refractivity contribution in [2.24, 2.45) is 5.92 Å². The molecule has 144 valence electrons. The highest BCUT2D eigenvalue weighted by molar-refractivity contribution is 6.30. The van der Waals surface area contributed by atoms with E-state index in [0.717, 1.165) is 42.5 Å². The fraction of sp³-hybridized carbons (Fsp3) is 0.391. The quantitative estimate of drug-likeness (QED) is 0.762. The van der Waals surface area contributed by atoms with Crippen LogP contribution in [0.4, 0.5) is 4.39 Å². The van der Waals surface area contributed by atoms with Gasteiger partial charge in [0.05, 0.1) is 5.60 Å². The monoisotopic (exact) mass is 387 g/mol. The first-order valence-corrected chi connectivity index (χ1v) is 9.83. The summed E-state index contributed by atoms with van der Waals surface area (Å²) < 4.78 is 13.3. The summed E-state index contributed by atoms with van der Waals surface area (Å²) in [5.41, 5.74) is 2.09. The number of hydrogen-bond acceptors (Lipinski definition) is 2. The standard InChI is InChI=1S/C23H27ClFNO/c1-26(2)16-20-5-3-4-19(14-17-6-10-21(24)11-7-17)23(20,27)15-18-8-12-22(25)13-9-18/h6-14,20,27H,3-5,15-16H2,1-2H3. The van der Waals surface area contributed by atoms with Crippen LogP contribution in [0.3, 0.4) is 0 Å². The molecule has 4 heteroatoms. The largest absolute Gasteiger partial charge is 0.385 e. The van der Waals surface area contributed by atoms with Crippen LogP contribution in [-0.2, 0) is 6.42 Å². The molecule has 3 rings (SSSR count). The zero-order chi connectivity index (χ0) is 19.4. The molecular weight excluding hydrogens is 361 g/mol. The smallest absolute Gasteiger partial charge is 0.123 e. The van der Waals surface area contributed by atoms with Gasteiger partial charge in [0.25, 0.3) is 0 Å². The SMILES string of the molecule is CN(C)CC1CCCC(=Cc2ccc(Cl)cc2)C1(O)Cc1ccc(F)cc1. The van der Waals surface area contributed by atoms with Gasteiger partial charge in [0.1, 0.15) is 5.82 Å². The van der Waals surface area contributed by atoms with Crippen molar-refractivity contribution in [3.8, 4) is 0 Å². The van der Waals surface area contributed by atoms with E-state index in [9.17, 15) is 9.50 Å². The van der Waals surface area contributed by atoms with Crippen LogP contribution in [0.15, 0.2) is 54.1 Å². The highest BCUT2D eigenvalue weighted by atomic mass is 35.5. The normalized spacial score (nSPS) is 24.5. The summed E-state index contributed by atoms with van der Waals surface area (Å²) in [4.78, 5) is 2.13. The Morgan fingerprint density at radius 2 is 1.81 bits per heavy atom. The third-order valence-electron chi connectivity index (χ3n) is 5.41. The molecule has 0 radical (unpaired) electrons. The minimum Gasteiger partial charge on any atom is -0.385 e. The maximum atomic E-state index is 13.3. The van der Waals surface area contributed by atoms with E-state index < -0.39 is 5.60 Å². The molecule has 2 unspecified atom stereocenters. The fourth-order valence-electron chi connectivity index (χ4n) is 4.07. The lowest BCUT2D eigenvalue weighted by molar-refractivity contribution is -0.0123. The Morgan fingerprint density at radius 3 is 2.44 bits per heavy atom. The molecule has 0 bridgehead atoms. The van der Waals surface area contributed by atoms with Gasteiger partial charge < -0.3 is 10.0 Å². The van der Waals surface area contributed by atoms with Gasteiger partial charge in [0.15, 0.2) is 0 Å². The van der Waals surface area contributed by atoms with E-state index in [2.05, 4.69) is 11.0 Å². The number of hydrogen-bond donors (Lipinski definition) is 1. The van der Waals surface area contributed by atoms with Crippen LogP contribution in [0.2, 0.25) is 5.02 Å². The molecule has 2 aromatic carbocycles. The van der Waals surface area contributed by atoms with Crippen molar-refractivity contribution in [1.82, 2.24) is 4.90 Å². The molecule has 2 nitrogen and oxygen atoms in total. The van der Waals surface area contributed by atoms with Crippen LogP contribution >= 0.6 is 11.6 Å². The number of halogens is 2. The Bertz CT molecular complexity index is 785. The molecule has 0 amide bonds. The van der Waals surface area contributed by atoms with E-state index in [4.69, 9.17) is 11.6 Å². The lowest BCUT2D eigenvalue weighted by Crippen LogP contribution is -2.48. The van der Waals surface area contributed by atoms with Crippen molar-refractivity contribution in [3.63, 3.8) is 0 Å². The molecule has 2 aromatic rings. The number of aliphatic hydroxyl groups is 1. The Balaban J connectivity index is 1.97. The van der Waals surface area contributed by atoms with Gasteiger partial charge >= 0.3 is 0 Å². The summed E-state index contributed by atoms with van der Waals surface area (Å²) in [7, 11) is 4.07. The lowest BCUT2D eigenvalue weighted by atomic mass is 9.68. The minimum absolute atomic E-state index is 0.129. The molecule has 0 saturated heterocycles. The molecule has 1 N–H and O–H groups in total. The van der Waals surface area contributed by atoms with Crippen LogP contribution in [0.1, 0.15) is 30.4 Å². The maximum absolute atomic E-state index is 13.3. The molecule has 0 heterocycles. The summed E-state index contributed by atoms with van der Waals surface area (Å²) in [6.07, 6.45) is 5.49. The third-order valence-corrected chi connectivity index (χ3v) is 5.67. The third kappa shape index (κ3) is 4.98. The van der Waals surface area contributed by atoms with Crippen molar-refractivity contribution >= 4 is 17.7 Å². The average Bonchev–Trinajstić information content (AvgIpc) is 2.62. The predicted octanol–water partition coefficient (Wildman–Crippen LogP) is 5.20. The summed E-state index contributed by atoms with van der Waals surface area (Å²) in [6, 6.07) is 14.2. The van der Waals surface area contributed by atoms with Crippen molar-refractivity contribution in [2.75, 3.05) is 20.6 Å². The first kappa shape index (κ1) is 20.1. The molecule has 27 heavy (non-hydrogen) atoms. The molecular formula is C23H27ClFNO. The van der Waals surface area contributed by atoms with Gasteiger partial charge in [-0.15, -0.1) is 0 Å². The number of benzene rings is 2. The van der Waals surface area contributed by atoms with Gasteiger partial charge in [-0.25, -0.2) is 4.39 Å². The average molecular weight is 388 g/mol. The zero-order valence-electron chi connectivity index (χ0n) is 16.0. The summed E-state index contributed by atoms with van der Waals surface area (Å²) >= 11 is 6.00. The molecule has 2 atom stereocenters. The fourth-order valence-corrected chi connectivity index (χ4v) is 4.19. The van der Waals surface area contributed by atoms with Gasteiger partial charge in [0.2, 0.25) is 0 Å². The molecule has 0 spiro atoms. The van der Waals surface area contributed by atoms with Crippen molar-refractivity contribution < 1.29 is 9.50 Å². The van der Waals surface area contributed by atoms with Crippen LogP contribution in [-0.4, -0.2) is 36.2 Å². The molecule has 1 fully saturated rings. The summed E-state index contributed by atoms with van der Waals surface area (Å²) in [5, 5.41) is 12.6. The van der Waals surface area contributed by atoms with Crippen molar-refractivity contribution in [1.29, 1.82) is 0 Å². The summed E-state index contributed by atoms with van der Waals surface area (Å²) in [6.45, 7) is 0.815. The van der Waals surface area contributed by atoms with E-state index in [0.29, 0.717) is 11.4 Å². The summed E-state index contributed by atoms with van der Waals surface area (Å²) in [5.74, 6) is -0.124. The van der Waals surface area contributed by atoms with E-state index in [1.54, 1.807) is 12.1 Å². The lowest BCUT2D eigenvalue weighted by Gasteiger charge is -2.43. The predicted molar refractivity (Wildman–Crippen MR) is 110 cm³/mol. The second kappa shape index (κ2) is 8.55. The maximum Gasteiger partial charge on any atom is 0.123 e. The Labute approximate surface area is 166 Å². The van der Waals surface area contributed by atoms with Crippen LogP contribution in [0.5, 0.6) is 0 Å². The minimum atomic E-state index is -0.944. The number of nitrogens with zero attached hydrogens (tertiary/aromatic N) is 1.